The minimum Gasteiger partial charge on any atom is -0.394 e. The molecule has 0 spiro atoms. The third-order valence-corrected chi connectivity index (χ3v) is 5.14. The lowest BCUT2D eigenvalue weighted by molar-refractivity contribution is 0.0820. The quantitative estimate of drug-likeness (QED) is 0.854. The molecule has 0 radical (unpaired) electrons. The minimum atomic E-state index is -0.591. The molecule has 1 unspecified atom stereocenters. The Morgan fingerprint density at radius 2 is 2.22 bits per heavy atom. The van der Waals surface area contributed by atoms with Crippen molar-refractivity contribution in [1.29, 1.82) is 0 Å². The van der Waals surface area contributed by atoms with Crippen molar-refractivity contribution in [1.82, 2.24) is 10.3 Å². The number of hydrogen-bond donors (Lipinski definition) is 2. The van der Waals surface area contributed by atoms with Gasteiger partial charge in [-0.3, -0.25) is 4.79 Å². The summed E-state index contributed by atoms with van der Waals surface area (Å²) in [5.74, 6) is -0.229. The van der Waals surface area contributed by atoms with Gasteiger partial charge in [0.1, 0.15) is 11.5 Å². The number of aromatic nitrogens is 1. The first-order valence-electron chi connectivity index (χ1n) is 7.63. The molecule has 1 aromatic heterocycles. The first kappa shape index (κ1) is 16.1. The molecule has 1 saturated carbocycles. The lowest BCUT2D eigenvalue weighted by Gasteiger charge is -2.28. The number of rotatable bonds is 6. The summed E-state index contributed by atoms with van der Waals surface area (Å²) in [4.78, 5) is 16.6. The van der Waals surface area contributed by atoms with Gasteiger partial charge in [-0.15, -0.1) is 11.3 Å². The number of carbonyl (C=O) groups is 1. The molecule has 1 aliphatic carbocycles. The van der Waals surface area contributed by atoms with E-state index in [1.807, 2.05) is 6.92 Å². The molecule has 1 aromatic carbocycles. The molecular formula is C17H19FN2O2S. The average Bonchev–Trinajstić information content (AvgIpc) is 3.30. The van der Waals surface area contributed by atoms with Crippen LogP contribution in [0.25, 0.3) is 0 Å². The van der Waals surface area contributed by atoms with Crippen LogP contribution in [0.2, 0.25) is 0 Å². The molecular weight excluding hydrogens is 315 g/mol. The van der Waals surface area contributed by atoms with Crippen LogP contribution in [0.1, 0.15) is 40.8 Å². The number of nitrogens with one attached hydrogen (secondary N) is 1. The predicted molar refractivity (Wildman–Crippen MR) is 87.0 cm³/mol. The number of aliphatic hydroxyl groups is 1. The summed E-state index contributed by atoms with van der Waals surface area (Å²) in [6, 6.07) is 6.56. The first-order chi connectivity index (χ1) is 11.0. The Bertz CT molecular complexity index is 714. The van der Waals surface area contributed by atoms with Gasteiger partial charge in [-0.2, -0.15) is 0 Å². The van der Waals surface area contributed by atoms with Crippen LogP contribution in [0, 0.1) is 11.7 Å². The summed E-state index contributed by atoms with van der Waals surface area (Å²) in [5, 5.41) is 14.8. The molecule has 1 aliphatic rings. The maximum atomic E-state index is 13.7. The van der Waals surface area contributed by atoms with E-state index in [1.165, 1.54) is 17.4 Å². The Hall–Kier alpha value is -1.79. The monoisotopic (exact) mass is 334 g/mol. The van der Waals surface area contributed by atoms with Gasteiger partial charge < -0.3 is 10.4 Å². The number of nitrogens with zero attached hydrogens (tertiary/aromatic N) is 1. The lowest BCUT2D eigenvalue weighted by atomic mass is 9.97. The van der Waals surface area contributed by atoms with Gasteiger partial charge in [0.2, 0.25) is 0 Å². The van der Waals surface area contributed by atoms with Crippen molar-refractivity contribution < 1.29 is 14.3 Å². The van der Waals surface area contributed by atoms with Gasteiger partial charge in [0.25, 0.3) is 5.91 Å². The fraction of sp³-hybridized carbons (Fsp3) is 0.412. The van der Waals surface area contributed by atoms with Gasteiger partial charge in [-0.1, -0.05) is 18.2 Å². The van der Waals surface area contributed by atoms with Crippen LogP contribution in [0.5, 0.6) is 0 Å². The zero-order valence-electron chi connectivity index (χ0n) is 12.9. The van der Waals surface area contributed by atoms with E-state index in [4.69, 9.17) is 0 Å². The van der Waals surface area contributed by atoms with Gasteiger partial charge >= 0.3 is 0 Å². The molecule has 1 amide bonds. The normalized spacial score (nSPS) is 16.8. The van der Waals surface area contributed by atoms with E-state index in [2.05, 4.69) is 10.3 Å². The summed E-state index contributed by atoms with van der Waals surface area (Å²) in [6.07, 6.45) is 2.41. The summed E-state index contributed by atoms with van der Waals surface area (Å²) in [5.41, 5.74) is 0.292. The molecule has 2 aromatic rings. The number of halogens is 1. The number of hydrogen-bond acceptors (Lipinski definition) is 4. The third kappa shape index (κ3) is 3.59. The first-order valence-corrected chi connectivity index (χ1v) is 8.51. The predicted octanol–water partition coefficient (Wildman–Crippen LogP) is 2.76. The van der Waals surface area contributed by atoms with Gasteiger partial charge in [-0.25, -0.2) is 9.37 Å². The fourth-order valence-electron chi connectivity index (χ4n) is 2.62. The van der Waals surface area contributed by atoms with Crippen LogP contribution in [-0.4, -0.2) is 28.1 Å². The minimum absolute atomic E-state index is 0.0877. The standard InChI is InChI=1S/C17H19FN2O2S/c1-17(10-21,12-6-7-12)20-16(22)14-9-23-15(19-14)8-11-4-2-3-5-13(11)18/h2-5,9,12,21H,6-8,10H2,1H3,(H,20,22). The van der Waals surface area contributed by atoms with Gasteiger partial charge in [0, 0.05) is 11.8 Å². The van der Waals surface area contributed by atoms with Gasteiger partial charge in [0.15, 0.2) is 0 Å². The SMILES string of the molecule is CC(CO)(NC(=O)c1csc(Cc2ccccc2F)n1)C1CC1. The summed E-state index contributed by atoms with van der Waals surface area (Å²) >= 11 is 1.34. The van der Waals surface area contributed by atoms with Crippen LogP contribution < -0.4 is 5.32 Å². The second kappa shape index (κ2) is 6.37. The molecule has 0 bridgehead atoms. The van der Waals surface area contributed by atoms with Crippen molar-refractivity contribution in [2.24, 2.45) is 5.92 Å². The number of amides is 1. The average molecular weight is 334 g/mol. The molecule has 2 N–H and O–H groups in total. The van der Waals surface area contributed by atoms with Crippen molar-refractivity contribution in [2.45, 2.75) is 31.7 Å². The van der Waals surface area contributed by atoms with E-state index >= 15 is 0 Å². The number of aliphatic hydroxyl groups excluding tert-OH is 1. The molecule has 23 heavy (non-hydrogen) atoms. The molecule has 122 valence electrons. The van der Waals surface area contributed by atoms with E-state index in [-0.39, 0.29) is 18.3 Å². The number of thiazole rings is 1. The fourth-order valence-corrected chi connectivity index (χ4v) is 3.41. The maximum Gasteiger partial charge on any atom is 0.271 e. The second-order valence-corrected chi connectivity index (χ2v) is 7.14. The van der Waals surface area contributed by atoms with E-state index in [0.29, 0.717) is 28.6 Å². The molecule has 1 fully saturated rings. The van der Waals surface area contributed by atoms with Crippen molar-refractivity contribution >= 4 is 17.2 Å². The molecule has 3 rings (SSSR count). The van der Waals surface area contributed by atoms with Crippen molar-refractivity contribution in [3.05, 3.63) is 51.7 Å². The third-order valence-electron chi connectivity index (χ3n) is 4.29. The van der Waals surface area contributed by atoms with Crippen LogP contribution in [0.3, 0.4) is 0 Å². The van der Waals surface area contributed by atoms with Gasteiger partial charge in [-0.05, 0) is 37.3 Å². The van der Waals surface area contributed by atoms with Crippen LogP contribution in [0.4, 0.5) is 4.39 Å². The second-order valence-electron chi connectivity index (χ2n) is 6.20. The highest BCUT2D eigenvalue weighted by Gasteiger charge is 2.42. The number of benzene rings is 1. The highest BCUT2D eigenvalue weighted by Crippen LogP contribution is 2.39. The topological polar surface area (TPSA) is 62.2 Å². The Morgan fingerprint density at radius 3 is 2.87 bits per heavy atom. The Labute approximate surface area is 138 Å². The van der Waals surface area contributed by atoms with Crippen molar-refractivity contribution in [2.75, 3.05) is 6.61 Å². The smallest absolute Gasteiger partial charge is 0.271 e. The summed E-state index contributed by atoms with van der Waals surface area (Å²) in [7, 11) is 0. The maximum absolute atomic E-state index is 13.7. The molecule has 6 heteroatoms. The highest BCUT2D eigenvalue weighted by molar-refractivity contribution is 7.09. The van der Waals surface area contributed by atoms with E-state index in [1.54, 1.807) is 23.6 Å². The Kier molecular flexibility index (Phi) is 4.46. The van der Waals surface area contributed by atoms with E-state index in [0.717, 1.165) is 12.8 Å². The summed E-state index contributed by atoms with van der Waals surface area (Å²) < 4.78 is 13.7. The zero-order valence-corrected chi connectivity index (χ0v) is 13.7. The summed E-state index contributed by atoms with van der Waals surface area (Å²) in [6.45, 7) is 1.77. The lowest BCUT2D eigenvalue weighted by Crippen LogP contribution is -2.50. The van der Waals surface area contributed by atoms with Crippen LogP contribution in [0.15, 0.2) is 29.6 Å². The van der Waals surface area contributed by atoms with Gasteiger partial charge in [0.05, 0.1) is 17.2 Å². The Morgan fingerprint density at radius 1 is 1.48 bits per heavy atom. The largest absolute Gasteiger partial charge is 0.394 e. The number of carbonyl (C=O) groups excluding carboxylic acids is 1. The van der Waals surface area contributed by atoms with Crippen LogP contribution >= 0.6 is 11.3 Å². The van der Waals surface area contributed by atoms with Crippen LogP contribution in [-0.2, 0) is 6.42 Å². The molecule has 1 heterocycles. The van der Waals surface area contributed by atoms with Crippen molar-refractivity contribution in [3.8, 4) is 0 Å². The van der Waals surface area contributed by atoms with E-state index in [9.17, 15) is 14.3 Å². The van der Waals surface area contributed by atoms with Crippen molar-refractivity contribution in [3.63, 3.8) is 0 Å². The molecule has 4 nitrogen and oxygen atoms in total. The Balaban J connectivity index is 1.69. The highest BCUT2D eigenvalue weighted by atomic mass is 32.1. The molecule has 0 aliphatic heterocycles. The van der Waals surface area contributed by atoms with E-state index < -0.39 is 5.54 Å². The molecule has 1 atom stereocenters. The zero-order chi connectivity index (χ0) is 16.4. The molecule has 0 saturated heterocycles.